The molecule has 1 aromatic heterocycles. The Labute approximate surface area is 131 Å². The fraction of sp³-hybridized carbons (Fsp3) is 0.267. The number of nitrogens with one attached hydrogen (secondary N) is 1. The smallest absolute Gasteiger partial charge is 0.303 e. The van der Waals surface area contributed by atoms with Gasteiger partial charge in [-0.2, -0.15) is 0 Å². The first-order valence-electron chi connectivity index (χ1n) is 6.72. The van der Waals surface area contributed by atoms with Gasteiger partial charge in [-0.1, -0.05) is 0 Å². The summed E-state index contributed by atoms with van der Waals surface area (Å²) in [4.78, 5) is 27.0. The van der Waals surface area contributed by atoms with Gasteiger partial charge < -0.3 is 15.2 Å². The first-order valence-corrected chi connectivity index (χ1v) is 7.60. The van der Waals surface area contributed by atoms with E-state index in [1.54, 1.807) is 36.7 Å². The average Bonchev–Trinajstić information content (AvgIpc) is 2.91. The SMILES string of the molecule is Cc1ncsc1C(=O)Nc1ccc(OCCCC(=O)O)cc1. The van der Waals surface area contributed by atoms with Crippen LogP contribution in [0.15, 0.2) is 29.8 Å². The number of hydrogen-bond acceptors (Lipinski definition) is 5. The van der Waals surface area contributed by atoms with Crippen LogP contribution in [0.2, 0.25) is 0 Å². The average molecular weight is 320 g/mol. The van der Waals surface area contributed by atoms with E-state index in [9.17, 15) is 9.59 Å². The van der Waals surface area contributed by atoms with Crippen LogP contribution in [0, 0.1) is 6.92 Å². The summed E-state index contributed by atoms with van der Waals surface area (Å²) < 4.78 is 5.42. The topological polar surface area (TPSA) is 88.5 Å². The summed E-state index contributed by atoms with van der Waals surface area (Å²) in [6.45, 7) is 2.14. The summed E-state index contributed by atoms with van der Waals surface area (Å²) in [5.74, 6) is -0.382. The molecule has 2 rings (SSSR count). The lowest BCUT2D eigenvalue weighted by Crippen LogP contribution is -2.11. The lowest BCUT2D eigenvalue weighted by atomic mass is 10.3. The second-order valence-electron chi connectivity index (χ2n) is 4.59. The van der Waals surface area contributed by atoms with E-state index >= 15 is 0 Å². The van der Waals surface area contributed by atoms with Crippen LogP contribution in [0.3, 0.4) is 0 Å². The molecule has 2 N–H and O–H groups in total. The molecule has 1 amide bonds. The molecule has 0 unspecified atom stereocenters. The minimum atomic E-state index is -0.833. The fourth-order valence-corrected chi connectivity index (χ4v) is 2.45. The van der Waals surface area contributed by atoms with Gasteiger partial charge in [0.25, 0.3) is 5.91 Å². The summed E-state index contributed by atoms with van der Waals surface area (Å²) in [5, 5.41) is 11.3. The number of amides is 1. The zero-order valence-corrected chi connectivity index (χ0v) is 12.9. The van der Waals surface area contributed by atoms with E-state index in [1.807, 2.05) is 0 Å². The van der Waals surface area contributed by atoms with Crippen molar-refractivity contribution in [2.45, 2.75) is 19.8 Å². The normalized spacial score (nSPS) is 10.2. The van der Waals surface area contributed by atoms with Gasteiger partial charge in [-0.05, 0) is 37.6 Å². The summed E-state index contributed by atoms with van der Waals surface area (Å²) >= 11 is 1.30. The van der Waals surface area contributed by atoms with E-state index in [-0.39, 0.29) is 12.3 Å². The maximum absolute atomic E-state index is 12.0. The summed E-state index contributed by atoms with van der Waals surface area (Å²) in [7, 11) is 0. The predicted molar refractivity (Wildman–Crippen MR) is 83.6 cm³/mol. The highest BCUT2D eigenvalue weighted by atomic mass is 32.1. The molecule has 0 radical (unpaired) electrons. The number of rotatable bonds is 7. The molecule has 0 bridgehead atoms. The van der Waals surface area contributed by atoms with Crippen LogP contribution < -0.4 is 10.1 Å². The number of thiazole rings is 1. The number of ether oxygens (including phenoxy) is 1. The van der Waals surface area contributed by atoms with Gasteiger partial charge >= 0.3 is 5.97 Å². The molecule has 22 heavy (non-hydrogen) atoms. The molecule has 1 heterocycles. The van der Waals surface area contributed by atoms with Crippen LogP contribution in [0.1, 0.15) is 28.2 Å². The Bertz CT molecular complexity index is 652. The minimum Gasteiger partial charge on any atom is -0.494 e. The maximum atomic E-state index is 12.0. The Morgan fingerprint density at radius 2 is 2.05 bits per heavy atom. The Balaban J connectivity index is 1.85. The third kappa shape index (κ3) is 4.56. The van der Waals surface area contributed by atoms with E-state index in [0.29, 0.717) is 35.0 Å². The second-order valence-corrected chi connectivity index (χ2v) is 5.45. The van der Waals surface area contributed by atoms with Gasteiger partial charge in [0.1, 0.15) is 10.6 Å². The van der Waals surface area contributed by atoms with Crippen molar-refractivity contribution >= 4 is 28.9 Å². The van der Waals surface area contributed by atoms with Crippen molar-refractivity contribution in [1.82, 2.24) is 4.98 Å². The van der Waals surface area contributed by atoms with E-state index in [4.69, 9.17) is 9.84 Å². The van der Waals surface area contributed by atoms with Gasteiger partial charge in [0, 0.05) is 12.1 Å². The zero-order valence-electron chi connectivity index (χ0n) is 12.0. The largest absolute Gasteiger partial charge is 0.494 e. The third-order valence-electron chi connectivity index (χ3n) is 2.87. The number of carboxylic acid groups (broad SMARTS) is 1. The highest BCUT2D eigenvalue weighted by Crippen LogP contribution is 2.18. The van der Waals surface area contributed by atoms with E-state index < -0.39 is 5.97 Å². The lowest BCUT2D eigenvalue weighted by molar-refractivity contribution is -0.137. The molecule has 2 aromatic rings. The molecule has 0 aliphatic heterocycles. The van der Waals surface area contributed by atoms with Crippen LogP contribution in [-0.4, -0.2) is 28.6 Å². The lowest BCUT2D eigenvalue weighted by Gasteiger charge is -2.07. The highest BCUT2D eigenvalue weighted by molar-refractivity contribution is 7.12. The summed E-state index contributed by atoms with van der Waals surface area (Å²) in [5.41, 5.74) is 3.01. The number of hydrogen-bond donors (Lipinski definition) is 2. The number of carboxylic acids is 1. The number of aryl methyl sites for hydroxylation is 1. The molecular weight excluding hydrogens is 304 g/mol. The van der Waals surface area contributed by atoms with Crippen molar-refractivity contribution < 1.29 is 19.4 Å². The molecule has 116 valence electrons. The number of nitrogens with zero attached hydrogens (tertiary/aromatic N) is 1. The van der Waals surface area contributed by atoms with Crippen molar-refractivity contribution in [2.75, 3.05) is 11.9 Å². The monoisotopic (exact) mass is 320 g/mol. The van der Waals surface area contributed by atoms with Gasteiger partial charge in [-0.3, -0.25) is 9.59 Å². The number of carbonyl (C=O) groups excluding carboxylic acids is 1. The Hall–Kier alpha value is -2.41. The van der Waals surface area contributed by atoms with Gasteiger partial charge in [0.2, 0.25) is 0 Å². The molecule has 6 nitrogen and oxygen atoms in total. The molecule has 0 fully saturated rings. The minimum absolute atomic E-state index is 0.0857. The van der Waals surface area contributed by atoms with Gasteiger partial charge in [-0.25, -0.2) is 4.98 Å². The Morgan fingerprint density at radius 3 is 2.64 bits per heavy atom. The molecule has 0 spiro atoms. The maximum Gasteiger partial charge on any atom is 0.303 e. The first-order chi connectivity index (χ1) is 10.6. The molecule has 1 aromatic carbocycles. The third-order valence-corrected chi connectivity index (χ3v) is 3.79. The molecule has 0 saturated carbocycles. The van der Waals surface area contributed by atoms with E-state index in [0.717, 1.165) is 0 Å². The standard InChI is InChI=1S/C15H16N2O4S/c1-10-14(22-9-16-10)15(20)17-11-4-6-12(7-5-11)21-8-2-3-13(18)19/h4-7,9H,2-3,8H2,1H3,(H,17,20)(H,18,19). The van der Waals surface area contributed by atoms with Crippen LogP contribution in [0.4, 0.5) is 5.69 Å². The molecule has 7 heteroatoms. The molecule has 0 aliphatic rings. The van der Waals surface area contributed by atoms with Crippen molar-refractivity contribution in [3.8, 4) is 5.75 Å². The Kier molecular flexibility index (Phi) is 5.48. The number of benzene rings is 1. The number of aromatic nitrogens is 1. The van der Waals surface area contributed by atoms with Crippen LogP contribution in [0.5, 0.6) is 5.75 Å². The number of anilines is 1. The van der Waals surface area contributed by atoms with E-state index in [1.165, 1.54) is 11.3 Å². The summed E-state index contributed by atoms with van der Waals surface area (Å²) in [6, 6.07) is 6.94. The zero-order chi connectivity index (χ0) is 15.9. The predicted octanol–water partition coefficient (Wildman–Crippen LogP) is 2.95. The van der Waals surface area contributed by atoms with Crippen molar-refractivity contribution in [2.24, 2.45) is 0 Å². The second kappa shape index (κ2) is 7.56. The van der Waals surface area contributed by atoms with E-state index in [2.05, 4.69) is 10.3 Å². The summed E-state index contributed by atoms with van der Waals surface area (Å²) in [6.07, 6.45) is 0.542. The van der Waals surface area contributed by atoms with Gasteiger partial charge in [-0.15, -0.1) is 11.3 Å². The number of carbonyl (C=O) groups is 2. The molecule has 0 atom stereocenters. The molecular formula is C15H16N2O4S. The molecule has 0 aliphatic carbocycles. The quantitative estimate of drug-likeness (QED) is 0.766. The number of aliphatic carboxylic acids is 1. The van der Waals surface area contributed by atoms with Gasteiger partial charge in [0.05, 0.1) is 17.8 Å². The van der Waals surface area contributed by atoms with Gasteiger partial charge in [0.15, 0.2) is 0 Å². The van der Waals surface area contributed by atoms with Crippen molar-refractivity contribution in [3.05, 3.63) is 40.3 Å². The fourth-order valence-electron chi connectivity index (χ4n) is 1.76. The Morgan fingerprint density at radius 1 is 1.32 bits per heavy atom. The van der Waals surface area contributed by atoms with Crippen LogP contribution in [-0.2, 0) is 4.79 Å². The van der Waals surface area contributed by atoms with Crippen molar-refractivity contribution in [1.29, 1.82) is 0 Å². The van der Waals surface area contributed by atoms with Crippen molar-refractivity contribution in [3.63, 3.8) is 0 Å². The van der Waals surface area contributed by atoms with Crippen LogP contribution in [0.25, 0.3) is 0 Å². The van der Waals surface area contributed by atoms with Crippen LogP contribution >= 0.6 is 11.3 Å². The highest BCUT2D eigenvalue weighted by Gasteiger charge is 2.11. The molecule has 0 saturated heterocycles. The first kappa shape index (κ1) is 16.0.